The first-order chi connectivity index (χ1) is 9.10. The van der Waals surface area contributed by atoms with Crippen molar-refractivity contribution in [2.45, 2.75) is 50.9 Å². The summed E-state index contributed by atoms with van der Waals surface area (Å²) in [6, 6.07) is 0. The lowest BCUT2D eigenvalue weighted by atomic mass is 9.71. The monoisotopic (exact) mass is 274 g/mol. The first-order valence-electron chi connectivity index (χ1n) is 6.97. The molecule has 1 aliphatic carbocycles. The molecule has 1 fully saturated rings. The molecule has 5 heteroatoms. The van der Waals surface area contributed by atoms with Gasteiger partial charge in [0.15, 0.2) is 0 Å². The summed E-state index contributed by atoms with van der Waals surface area (Å²) in [5.41, 5.74) is 0. The summed E-state index contributed by atoms with van der Waals surface area (Å²) in [5.74, 6) is -0.681. The quantitative estimate of drug-likeness (QED) is 0.717. The number of carbonyl (C=O) groups excluding carboxylic acids is 1. The van der Waals surface area contributed by atoms with Crippen molar-refractivity contribution < 1.29 is 24.5 Å². The number of carbonyl (C=O) groups is 1. The lowest BCUT2D eigenvalue weighted by Gasteiger charge is -2.43. The predicted molar refractivity (Wildman–Crippen MR) is 70.8 cm³/mol. The molecule has 0 spiro atoms. The fourth-order valence-corrected chi connectivity index (χ4v) is 3.09. The van der Waals surface area contributed by atoms with Gasteiger partial charge >= 0.3 is 0 Å². The second-order valence-corrected chi connectivity index (χ2v) is 5.19. The number of ketones is 1. The van der Waals surface area contributed by atoms with Crippen molar-refractivity contribution in [2.24, 2.45) is 11.8 Å². The molecule has 1 aliphatic rings. The van der Waals surface area contributed by atoms with Gasteiger partial charge in [-0.3, -0.25) is 4.79 Å². The largest absolute Gasteiger partial charge is 0.396 e. The molecule has 1 saturated carbocycles. The van der Waals surface area contributed by atoms with Gasteiger partial charge in [-0.05, 0) is 12.8 Å². The molecule has 2 N–H and O–H groups in total. The highest BCUT2D eigenvalue weighted by molar-refractivity contribution is 5.82. The van der Waals surface area contributed by atoms with Crippen LogP contribution in [0.25, 0.3) is 0 Å². The van der Waals surface area contributed by atoms with E-state index in [9.17, 15) is 9.90 Å². The molecule has 0 radical (unpaired) electrons. The molecule has 5 nitrogen and oxygen atoms in total. The van der Waals surface area contributed by atoms with Gasteiger partial charge in [0.2, 0.25) is 0 Å². The molecular weight excluding hydrogens is 248 g/mol. The van der Waals surface area contributed by atoms with E-state index in [0.29, 0.717) is 19.3 Å². The summed E-state index contributed by atoms with van der Waals surface area (Å²) in [6.45, 7) is 1.92. The van der Waals surface area contributed by atoms with Gasteiger partial charge in [0.05, 0.1) is 24.2 Å². The summed E-state index contributed by atoms with van der Waals surface area (Å²) < 4.78 is 10.8. The van der Waals surface area contributed by atoms with Crippen LogP contribution in [0, 0.1) is 11.8 Å². The number of aliphatic hydroxyl groups excluding tert-OH is 2. The average Bonchev–Trinajstić information content (AvgIpc) is 2.40. The lowest BCUT2D eigenvalue weighted by molar-refractivity contribution is -0.158. The van der Waals surface area contributed by atoms with E-state index in [1.165, 1.54) is 0 Å². The lowest BCUT2D eigenvalue weighted by Crippen LogP contribution is -2.53. The molecule has 0 saturated heterocycles. The van der Waals surface area contributed by atoms with Crippen molar-refractivity contribution in [3.8, 4) is 0 Å². The molecule has 0 heterocycles. The SMILES string of the molecule is CCCC(=O)C1C(OC)CC(OC)C(CCO)C1O. The molecule has 112 valence electrons. The van der Waals surface area contributed by atoms with Crippen LogP contribution in [0.15, 0.2) is 0 Å². The second-order valence-electron chi connectivity index (χ2n) is 5.19. The maximum Gasteiger partial charge on any atom is 0.141 e. The fraction of sp³-hybridized carbons (Fsp3) is 0.929. The van der Waals surface area contributed by atoms with Gasteiger partial charge in [-0.1, -0.05) is 6.92 Å². The Balaban J connectivity index is 2.90. The zero-order chi connectivity index (χ0) is 14.4. The third kappa shape index (κ3) is 3.75. The van der Waals surface area contributed by atoms with Crippen LogP contribution in [-0.4, -0.2) is 55.1 Å². The fourth-order valence-electron chi connectivity index (χ4n) is 3.09. The minimum Gasteiger partial charge on any atom is -0.396 e. The van der Waals surface area contributed by atoms with Crippen LogP contribution in [0.1, 0.15) is 32.6 Å². The number of aliphatic hydroxyl groups is 2. The number of methoxy groups -OCH3 is 2. The first-order valence-corrected chi connectivity index (χ1v) is 6.97. The molecule has 0 amide bonds. The van der Waals surface area contributed by atoms with E-state index in [2.05, 4.69) is 0 Å². The number of ether oxygens (including phenoxy) is 2. The van der Waals surface area contributed by atoms with Crippen LogP contribution in [-0.2, 0) is 14.3 Å². The highest BCUT2D eigenvalue weighted by Crippen LogP contribution is 2.36. The van der Waals surface area contributed by atoms with E-state index in [-0.39, 0.29) is 30.5 Å². The smallest absolute Gasteiger partial charge is 0.141 e. The minimum absolute atomic E-state index is 0.0199. The molecule has 0 aromatic carbocycles. The molecule has 0 aromatic rings. The van der Waals surface area contributed by atoms with Crippen molar-refractivity contribution in [1.82, 2.24) is 0 Å². The zero-order valence-corrected chi connectivity index (χ0v) is 12.0. The van der Waals surface area contributed by atoms with Gasteiger partial charge in [0.1, 0.15) is 5.78 Å². The summed E-state index contributed by atoms with van der Waals surface area (Å²) in [5, 5.41) is 19.6. The Bertz CT molecular complexity index is 281. The summed E-state index contributed by atoms with van der Waals surface area (Å²) in [7, 11) is 3.14. The molecule has 0 aliphatic heterocycles. The van der Waals surface area contributed by atoms with Gasteiger partial charge in [-0.25, -0.2) is 0 Å². The van der Waals surface area contributed by atoms with Crippen molar-refractivity contribution >= 4 is 5.78 Å². The number of hydrogen-bond donors (Lipinski definition) is 2. The molecule has 0 aromatic heterocycles. The van der Waals surface area contributed by atoms with E-state index < -0.39 is 12.0 Å². The van der Waals surface area contributed by atoms with Crippen molar-refractivity contribution in [2.75, 3.05) is 20.8 Å². The number of hydrogen-bond acceptors (Lipinski definition) is 5. The Hall–Kier alpha value is -0.490. The maximum absolute atomic E-state index is 12.2. The second kappa shape index (κ2) is 7.94. The van der Waals surface area contributed by atoms with Crippen LogP contribution in [0.3, 0.4) is 0 Å². The Morgan fingerprint density at radius 3 is 2.37 bits per heavy atom. The summed E-state index contributed by atoms with van der Waals surface area (Å²) in [6.07, 6.45) is 0.921. The van der Waals surface area contributed by atoms with E-state index in [0.717, 1.165) is 6.42 Å². The van der Waals surface area contributed by atoms with E-state index in [4.69, 9.17) is 14.6 Å². The Morgan fingerprint density at radius 1 is 1.26 bits per heavy atom. The van der Waals surface area contributed by atoms with E-state index in [1.54, 1.807) is 14.2 Å². The topological polar surface area (TPSA) is 76.0 Å². The molecule has 5 unspecified atom stereocenters. The minimum atomic E-state index is -0.810. The Kier molecular flexibility index (Phi) is 6.93. The molecule has 19 heavy (non-hydrogen) atoms. The molecule has 5 atom stereocenters. The predicted octanol–water partition coefficient (Wildman–Crippen LogP) is 0.765. The van der Waals surface area contributed by atoms with Crippen molar-refractivity contribution in [1.29, 1.82) is 0 Å². The van der Waals surface area contributed by atoms with Crippen molar-refractivity contribution in [3.63, 3.8) is 0 Å². The maximum atomic E-state index is 12.2. The molecule has 0 bridgehead atoms. The summed E-state index contributed by atoms with van der Waals surface area (Å²) in [4.78, 5) is 12.2. The zero-order valence-electron chi connectivity index (χ0n) is 12.0. The van der Waals surface area contributed by atoms with E-state index in [1.807, 2.05) is 6.92 Å². The van der Waals surface area contributed by atoms with E-state index >= 15 is 0 Å². The van der Waals surface area contributed by atoms with Crippen molar-refractivity contribution in [3.05, 3.63) is 0 Å². The summed E-state index contributed by atoms with van der Waals surface area (Å²) >= 11 is 0. The first kappa shape index (κ1) is 16.6. The van der Waals surface area contributed by atoms with Gasteiger partial charge in [0, 0.05) is 39.6 Å². The van der Waals surface area contributed by atoms with Crippen LogP contribution in [0.4, 0.5) is 0 Å². The van der Waals surface area contributed by atoms with Crippen LogP contribution < -0.4 is 0 Å². The Morgan fingerprint density at radius 2 is 1.89 bits per heavy atom. The molecule has 1 rings (SSSR count). The van der Waals surface area contributed by atoms with Gasteiger partial charge in [0.25, 0.3) is 0 Å². The third-order valence-corrected chi connectivity index (χ3v) is 4.09. The third-order valence-electron chi connectivity index (χ3n) is 4.09. The van der Waals surface area contributed by atoms with Gasteiger partial charge in [-0.15, -0.1) is 0 Å². The average molecular weight is 274 g/mol. The number of rotatable bonds is 7. The van der Waals surface area contributed by atoms with Gasteiger partial charge in [-0.2, -0.15) is 0 Å². The molecular formula is C14H26O5. The number of Topliss-reactive ketones (excluding diaryl/α,β-unsaturated/α-hetero) is 1. The van der Waals surface area contributed by atoms with Crippen LogP contribution in [0.5, 0.6) is 0 Å². The highest BCUT2D eigenvalue weighted by Gasteiger charge is 2.46. The van der Waals surface area contributed by atoms with Crippen LogP contribution >= 0.6 is 0 Å². The highest BCUT2D eigenvalue weighted by atomic mass is 16.5. The standard InChI is InChI=1S/C14H26O5/c1-4-5-10(16)13-12(19-3)8-11(18-2)9(6-7-15)14(13)17/h9,11-15,17H,4-8H2,1-3H3. The van der Waals surface area contributed by atoms with Gasteiger partial charge < -0.3 is 19.7 Å². The van der Waals surface area contributed by atoms with Crippen LogP contribution in [0.2, 0.25) is 0 Å². The Labute approximate surface area is 114 Å². The normalized spacial score (nSPS) is 35.3.